The minimum absolute atomic E-state index is 0.0619. The van der Waals surface area contributed by atoms with Gasteiger partial charge in [-0.05, 0) is 42.2 Å². The molecule has 20 heavy (non-hydrogen) atoms. The summed E-state index contributed by atoms with van der Waals surface area (Å²) < 4.78 is 14.5. The van der Waals surface area contributed by atoms with E-state index in [1.54, 1.807) is 6.07 Å². The van der Waals surface area contributed by atoms with Crippen LogP contribution in [-0.2, 0) is 0 Å². The first-order chi connectivity index (χ1) is 9.47. The van der Waals surface area contributed by atoms with Gasteiger partial charge in [-0.2, -0.15) is 0 Å². The van der Waals surface area contributed by atoms with Crippen LogP contribution in [0, 0.1) is 5.82 Å². The van der Waals surface area contributed by atoms with Crippen molar-refractivity contribution in [3.8, 4) is 0 Å². The molecule has 1 unspecified atom stereocenters. The average molecular weight is 336 g/mol. The molecule has 0 aliphatic heterocycles. The van der Waals surface area contributed by atoms with E-state index in [-0.39, 0.29) is 11.9 Å². The molecule has 0 aliphatic rings. The molecule has 0 radical (unpaired) electrons. The van der Waals surface area contributed by atoms with E-state index in [9.17, 15) is 4.39 Å². The lowest BCUT2D eigenvalue weighted by Crippen LogP contribution is -2.08. The van der Waals surface area contributed by atoms with E-state index in [1.165, 1.54) is 11.6 Å². The van der Waals surface area contributed by atoms with Crippen molar-refractivity contribution in [2.75, 3.05) is 5.32 Å². The largest absolute Gasteiger partial charge is 0.376 e. The molecule has 1 nitrogen and oxygen atoms in total. The Kier molecular flexibility index (Phi) is 4.81. The Morgan fingerprint density at radius 2 is 1.55 bits per heavy atom. The molecular formula is C17H19BrFN. The van der Waals surface area contributed by atoms with E-state index in [1.807, 2.05) is 13.0 Å². The highest BCUT2D eigenvalue weighted by molar-refractivity contribution is 9.10. The molecule has 0 bridgehead atoms. The minimum Gasteiger partial charge on any atom is -0.376 e. The van der Waals surface area contributed by atoms with Gasteiger partial charge < -0.3 is 5.32 Å². The van der Waals surface area contributed by atoms with Crippen LogP contribution in [0.5, 0.6) is 0 Å². The highest BCUT2D eigenvalue weighted by Crippen LogP contribution is 2.25. The van der Waals surface area contributed by atoms with Crippen LogP contribution in [0.2, 0.25) is 0 Å². The Bertz CT molecular complexity index is 578. The minimum atomic E-state index is -0.245. The maximum Gasteiger partial charge on any atom is 0.147 e. The standard InChI is InChI=1S/C17H19BrFN/c1-11(2)13-4-6-14(7-5-13)12(3)20-17-9-8-15(18)10-16(17)19/h4-12,20H,1-3H3. The fraction of sp³-hybridized carbons (Fsp3) is 0.294. The van der Waals surface area contributed by atoms with Crippen molar-refractivity contribution in [3.05, 3.63) is 63.9 Å². The molecule has 1 N–H and O–H groups in total. The maximum atomic E-state index is 13.8. The third-order valence-corrected chi connectivity index (χ3v) is 3.90. The van der Waals surface area contributed by atoms with Crippen LogP contribution in [0.4, 0.5) is 10.1 Å². The molecule has 0 spiro atoms. The Labute approximate surface area is 128 Å². The molecule has 0 heterocycles. The molecular weight excluding hydrogens is 317 g/mol. The molecule has 0 saturated heterocycles. The Morgan fingerprint density at radius 1 is 0.950 bits per heavy atom. The zero-order valence-corrected chi connectivity index (χ0v) is 13.5. The summed E-state index contributed by atoms with van der Waals surface area (Å²) in [6.07, 6.45) is 0. The smallest absolute Gasteiger partial charge is 0.147 e. The van der Waals surface area contributed by atoms with Gasteiger partial charge in [-0.1, -0.05) is 54.0 Å². The quantitative estimate of drug-likeness (QED) is 0.735. The first-order valence-electron chi connectivity index (χ1n) is 6.79. The van der Waals surface area contributed by atoms with Gasteiger partial charge in [0.2, 0.25) is 0 Å². The molecule has 0 amide bonds. The topological polar surface area (TPSA) is 12.0 Å². The predicted octanol–water partition coefficient (Wildman–Crippen LogP) is 5.88. The van der Waals surface area contributed by atoms with E-state index in [0.29, 0.717) is 11.6 Å². The lowest BCUT2D eigenvalue weighted by atomic mass is 9.99. The lowest BCUT2D eigenvalue weighted by Gasteiger charge is -2.17. The first kappa shape index (κ1) is 15.0. The van der Waals surface area contributed by atoms with E-state index >= 15 is 0 Å². The van der Waals surface area contributed by atoms with E-state index in [2.05, 4.69) is 59.4 Å². The van der Waals surface area contributed by atoms with Crippen molar-refractivity contribution in [2.24, 2.45) is 0 Å². The molecule has 2 aromatic rings. The second kappa shape index (κ2) is 6.40. The predicted molar refractivity (Wildman–Crippen MR) is 86.7 cm³/mol. The van der Waals surface area contributed by atoms with Crippen molar-refractivity contribution < 1.29 is 4.39 Å². The highest BCUT2D eigenvalue weighted by atomic mass is 79.9. The molecule has 0 saturated carbocycles. The average Bonchev–Trinajstić information content (AvgIpc) is 2.42. The highest BCUT2D eigenvalue weighted by Gasteiger charge is 2.09. The summed E-state index contributed by atoms with van der Waals surface area (Å²) in [7, 11) is 0. The lowest BCUT2D eigenvalue weighted by molar-refractivity contribution is 0.626. The molecule has 106 valence electrons. The third kappa shape index (κ3) is 3.60. The van der Waals surface area contributed by atoms with E-state index in [4.69, 9.17) is 0 Å². The number of rotatable bonds is 4. The molecule has 1 atom stereocenters. The number of hydrogen-bond acceptors (Lipinski definition) is 1. The summed E-state index contributed by atoms with van der Waals surface area (Å²) in [5, 5.41) is 3.21. The van der Waals surface area contributed by atoms with E-state index < -0.39 is 0 Å². The van der Waals surface area contributed by atoms with Crippen molar-refractivity contribution in [1.29, 1.82) is 0 Å². The van der Waals surface area contributed by atoms with Gasteiger partial charge in [-0.15, -0.1) is 0 Å². The third-order valence-electron chi connectivity index (χ3n) is 3.41. The van der Waals surface area contributed by atoms with Gasteiger partial charge in [0.25, 0.3) is 0 Å². The van der Waals surface area contributed by atoms with Crippen molar-refractivity contribution in [2.45, 2.75) is 32.7 Å². The molecule has 0 fully saturated rings. The van der Waals surface area contributed by atoms with Crippen molar-refractivity contribution >= 4 is 21.6 Å². The van der Waals surface area contributed by atoms with Crippen LogP contribution in [-0.4, -0.2) is 0 Å². The second-order valence-corrected chi connectivity index (χ2v) is 6.23. The number of halogens is 2. The fourth-order valence-corrected chi connectivity index (χ4v) is 2.43. The number of benzene rings is 2. The van der Waals surface area contributed by atoms with Gasteiger partial charge in [0.05, 0.1) is 5.69 Å². The van der Waals surface area contributed by atoms with E-state index in [0.717, 1.165) is 10.0 Å². The van der Waals surface area contributed by atoms with Gasteiger partial charge in [-0.25, -0.2) is 4.39 Å². The summed E-state index contributed by atoms with van der Waals surface area (Å²) in [4.78, 5) is 0. The molecule has 2 aromatic carbocycles. The molecule has 0 aromatic heterocycles. The SMILES string of the molecule is CC(C)c1ccc(C(C)Nc2ccc(Br)cc2F)cc1. The van der Waals surface area contributed by atoms with Gasteiger partial charge in [0.1, 0.15) is 5.82 Å². The van der Waals surface area contributed by atoms with Gasteiger partial charge >= 0.3 is 0 Å². The second-order valence-electron chi connectivity index (χ2n) is 5.31. The Morgan fingerprint density at radius 3 is 2.10 bits per heavy atom. The number of nitrogens with one attached hydrogen (secondary N) is 1. The van der Waals surface area contributed by atoms with Crippen LogP contribution in [0.1, 0.15) is 43.9 Å². The van der Waals surface area contributed by atoms with Crippen molar-refractivity contribution in [1.82, 2.24) is 0 Å². The molecule has 0 aliphatic carbocycles. The summed E-state index contributed by atoms with van der Waals surface area (Å²) in [6.45, 7) is 6.38. The number of hydrogen-bond donors (Lipinski definition) is 1. The van der Waals surface area contributed by atoms with Crippen LogP contribution in [0.15, 0.2) is 46.9 Å². The Balaban J connectivity index is 2.13. The van der Waals surface area contributed by atoms with Crippen LogP contribution >= 0.6 is 15.9 Å². The van der Waals surface area contributed by atoms with Gasteiger partial charge in [0.15, 0.2) is 0 Å². The Hall–Kier alpha value is -1.35. The summed E-state index contributed by atoms with van der Waals surface area (Å²) >= 11 is 3.26. The van der Waals surface area contributed by atoms with Gasteiger partial charge in [0, 0.05) is 10.5 Å². The summed E-state index contributed by atoms with van der Waals surface area (Å²) in [5.74, 6) is 0.279. The summed E-state index contributed by atoms with van der Waals surface area (Å²) in [6, 6.07) is 13.6. The maximum absolute atomic E-state index is 13.8. The normalized spacial score (nSPS) is 12.5. The fourth-order valence-electron chi connectivity index (χ4n) is 2.09. The summed E-state index contributed by atoms with van der Waals surface area (Å²) in [5.41, 5.74) is 2.99. The van der Waals surface area contributed by atoms with Gasteiger partial charge in [-0.3, -0.25) is 0 Å². The first-order valence-corrected chi connectivity index (χ1v) is 7.58. The zero-order chi connectivity index (χ0) is 14.7. The monoisotopic (exact) mass is 335 g/mol. The van der Waals surface area contributed by atoms with Crippen LogP contribution in [0.25, 0.3) is 0 Å². The molecule has 3 heteroatoms. The number of anilines is 1. The zero-order valence-electron chi connectivity index (χ0n) is 12.0. The van der Waals surface area contributed by atoms with Crippen LogP contribution in [0.3, 0.4) is 0 Å². The van der Waals surface area contributed by atoms with Crippen LogP contribution < -0.4 is 5.32 Å². The molecule has 2 rings (SSSR count). The van der Waals surface area contributed by atoms with Crippen molar-refractivity contribution in [3.63, 3.8) is 0 Å².